The zero-order valence-corrected chi connectivity index (χ0v) is 15.7. The lowest BCUT2D eigenvalue weighted by atomic mass is 9.89. The lowest BCUT2D eigenvalue weighted by Crippen LogP contribution is -2.45. The molecule has 2 aromatic rings. The molecule has 3 heterocycles. The van der Waals surface area contributed by atoms with Crippen LogP contribution in [0.15, 0.2) is 29.1 Å². The van der Waals surface area contributed by atoms with Crippen molar-refractivity contribution in [3.05, 3.63) is 46.0 Å². The van der Waals surface area contributed by atoms with Crippen LogP contribution in [0, 0.1) is 11.7 Å². The van der Waals surface area contributed by atoms with Crippen LogP contribution < -0.4 is 5.56 Å². The summed E-state index contributed by atoms with van der Waals surface area (Å²) in [6.45, 7) is 6.10. The number of amides is 1. The number of likely N-dealkylation sites (tertiary alicyclic amines) is 2. The van der Waals surface area contributed by atoms with Gasteiger partial charge >= 0.3 is 0 Å². The van der Waals surface area contributed by atoms with E-state index < -0.39 is 5.82 Å². The summed E-state index contributed by atoms with van der Waals surface area (Å²) in [5.41, 5.74) is 0.345. The summed E-state index contributed by atoms with van der Waals surface area (Å²) < 4.78 is 13.5. The first-order valence-electron chi connectivity index (χ1n) is 9.89. The summed E-state index contributed by atoms with van der Waals surface area (Å²) in [5.74, 6) is 0.0432. The quantitative estimate of drug-likeness (QED) is 0.902. The van der Waals surface area contributed by atoms with Crippen molar-refractivity contribution < 1.29 is 9.18 Å². The number of carbonyl (C=O) groups is 1. The van der Waals surface area contributed by atoms with Gasteiger partial charge in [0, 0.05) is 30.6 Å². The van der Waals surface area contributed by atoms with E-state index in [9.17, 15) is 14.0 Å². The Morgan fingerprint density at radius 2 is 1.85 bits per heavy atom. The van der Waals surface area contributed by atoms with Gasteiger partial charge in [-0.05, 0) is 69.8 Å². The Morgan fingerprint density at radius 3 is 2.56 bits per heavy atom. The molecule has 2 aliphatic heterocycles. The average molecular weight is 371 g/mol. The fourth-order valence-corrected chi connectivity index (χ4v) is 4.61. The topological polar surface area (TPSA) is 56.4 Å². The van der Waals surface area contributed by atoms with E-state index in [1.807, 2.05) is 4.90 Å². The Morgan fingerprint density at radius 1 is 1.15 bits per heavy atom. The zero-order valence-electron chi connectivity index (χ0n) is 15.7. The van der Waals surface area contributed by atoms with Crippen LogP contribution in [-0.2, 0) is 0 Å². The van der Waals surface area contributed by atoms with Gasteiger partial charge in [-0.1, -0.05) is 0 Å². The zero-order chi connectivity index (χ0) is 19.0. The molecule has 0 saturated carbocycles. The Hall–Kier alpha value is -2.21. The maximum atomic E-state index is 13.5. The number of aromatic nitrogens is 1. The van der Waals surface area contributed by atoms with Crippen LogP contribution in [-0.4, -0.2) is 52.9 Å². The first-order chi connectivity index (χ1) is 13.0. The summed E-state index contributed by atoms with van der Waals surface area (Å²) in [6, 6.07) is 6.05. The number of fused-ring (bicyclic) bond motifs is 1. The Bertz CT molecular complexity index is 896. The molecule has 1 aromatic carbocycles. The number of piperidine rings is 1. The molecule has 2 aliphatic rings. The number of halogens is 1. The minimum Gasteiger partial charge on any atom is -0.339 e. The van der Waals surface area contributed by atoms with Crippen LogP contribution in [0.5, 0.6) is 0 Å². The van der Waals surface area contributed by atoms with Crippen molar-refractivity contribution in [2.45, 2.75) is 38.6 Å². The second-order valence-corrected chi connectivity index (χ2v) is 7.85. The number of nitrogens with zero attached hydrogens (tertiary/aromatic N) is 2. The lowest BCUT2D eigenvalue weighted by molar-refractivity contribution is 0.0626. The highest BCUT2D eigenvalue weighted by Crippen LogP contribution is 2.28. The molecule has 1 unspecified atom stereocenters. The Kier molecular flexibility index (Phi) is 5.00. The molecular formula is C21H26FN3O2. The number of aromatic amines is 1. The number of rotatable bonds is 3. The van der Waals surface area contributed by atoms with Crippen LogP contribution in [0.1, 0.15) is 43.0 Å². The van der Waals surface area contributed by atoms with Crippen molar-refractivity contribution in [2.24, 2.45) is 5.92 Å². The predicted octanol–water partition coefficient (Wildman–Crippen LogP) is 3.00. The number of pyridine rings is 1. The van der Waals surface area contributed by atoms with E-state index in [-0.39, 0.29) is 11.5 Å². The van der Waals surface area contributed by atoms with Gasteiger partial charge in [-0.15, -0.1) is 0 Å². The van der Waals surface area contributed by atoms with Crippen molar-refractivity contribution in [2.75, 3.05) is 26.2 Å². The van der Waals surface area contributed by atoms with E-state index in [0.717, 1.165) is 12.8 Å². The highest BCUT2D eigenvalue weighted by molar-refractivity contribution is 6.06. The minimum atomic E-state index is -0.431. The Labute approximate surface area is 158 Å². The highest BCUT2D eigenvalue weighted by Gasteiger charge is 2.31. The second kappa shape index (κ2) is 7.43. The molecule has 6 heteroatoms. The smallest absolute Gasteiger partial charge is 0.254 e. The maximum Gasteiger partial charge on any atom is 0.254 e. The van der Waals surface area contributed by atoms with Gasteiger partial charge in [0.25, 0.3) is 5.91 Å². The first-order valence-corrected chi connectivity index (χ1v) is 9.89. The van der Waals surface area contributed by atoms with Gasteiger partial charge in [-0.25, -0.2) is 4.39 Å². The van der Waals surface area contributed by atoms with Crippen molar-refractivity contribution in [1.82, 2.24) is 14.8 Å². The standard InChI is InChI=1S/C21H26FN3O2/c1-14(24-8-2-3-9-24)15-6-10-25(11-7-15)21(27)18-13-20(26)23-19-12-16(22)4-5-17(18)19/h4-5,12-15H,2-3,6-11H2,1H3,(H,23,26). The van der Waals surface area contributed by atoms with Gasteiger partial charge in [0.05, 0.1) is 11.1 Å². The van der Waals surface area contributed by atoms with Crippen LogP contribution >= 0.6 is 0 Å². The average Bonchev–Trinajstić information content (AvgIpc) is 3.20. The predicted molar refractivity (Wildman–Crippen MR) is 103 cm³/mol. The van der Waals surface area contributed by atoms with Gasteiger partial charge in [0.1, 0.15) is 5.82 Å². The molecule has 144 valence electrons. The molecule has 0 spiro atoms. The summed E-state index contributed by atoms with van der Waals surface area (Å²) in [6.07, 6.45) is 4.55. The second-order valence-electron chi connectivity index (χ2n) is 7.85. The summed E-state index contributed by atoms with van der Waals surface area (Å²) in [4.78, 5) is 32.0. The highest BCUT2D eigenvalue weighted by atomic mass is 19.1. The molecular weight excluding hydrogens is 345 g/mol. The first kappa shape index (κ1) is 18.2. The summed E-state index contributed by atoms with van der Waals surface area (Å²) >= 11 is 0. The van der Waals surface area contributed by atoms with Gasteiger partial charge in [-0.3, -0.25) is 9.59 Å². The van der Waals surface area contributed by atoms with E-state index in [0.29, 0.717) is 41.5 Å². The minimum absolute atomic E-state index is 0.134. The van der Waals surface area contributed by atoms with Gasteiger partial charge in [0.15, 0.2) is 0 Å². The van der Waals surface area contributed by atoms with Crippen molar-refractivity contribution in [1.29, 1.82) is 0 Å². The van der Waals surface area contributed by atoms with E-state index in [2.05, 4.69) is 16.8 Å². The molecule has 5 nitrogen and oxygen atoms in total. The lowest BCUT2D eigenvalue weighted by Gasteiger charge is -2.38. The number of H-pyrrole nitrogens is 1. The van der Waals surface area contributed by atoms with Crippen molar-refractivity contribution >= 4 is 16.8 Å². The molecule has 2 fully saturated rings. The normalized spacial score (nSPS) is 20.3. The number of hydrogen-bond donors (Lipinski definition) is 1. The van der Waals surface area contributed by atoms with E-state index in [1.54, 1.807) is 6.07 Å². The SMILES string of the molecule is CC(C1CCN(C(=O)c2cc(=O)[nH]c3cc(F)ccc23)CC1)N1CCCC1. The molecule has 0 bridgehead atoms. The van der Waals surface area contributed by atoms with Gasteiger partial charge < -0.3 is 14.8 Å². The number of benzene rings is 1. The number of nitrogens with one attached hydrogen (secondary N) is 1. The summed E-state index contributed by atoms with van der Waals surface area (Å²) in [7, 11) is 0. The molecule has 27 heavy (non-hydrogen) atoms. The third-order valence-corrected chi connectivity index (χ3v) is 6.26. The molecule has 2 saturated heterocycles. The van der Waals surface area contributed by atoms with Crippen LogP contribution in [0.3, 0.4) is 0 Å². The molecule has 4 rings (SSSR count). The molecule has 0 aliphatic carbocycles. The van der Waals surface area contributed by atoms with Crippen LogP contribution in [0.2, 0.25) is 0 Å². The molecule has 1 N–H and O–H groups in total. The third kappa shape index (κ3) is 3.63. The van der Waals surface area contributed by atoms with E-state index in [1.165, 1.54) is 44.1 Å². The fraction of sp³-hybridized carbons (Fsp3) is 0.524. The van der Waals surface area contributed by atoms with Gasteiger partial charge in [-0.2, -0.15) is 0 Å². The summed E-state index contributed by atoms with van der Waals surface area (Å²) in [5, 5.41) is 0.591. The van der Waals surface area contributed by atoms with E-state index in [4.69, 9.17) is 0 Å². The largest absolute Gasteiger partial charge is 0.339 e. The maximum absolute atomic E-state index is 13.5. The van der Waals surface area contributed by atoms with Crippen molar-refractivity contribution in [3.63, 3.8) is 0 Å². The van der Waals surface area contributed by atoms with Crippen LogP contribution in [0.4, 0.5) is 4.39 Å². The monoisotopic (exact) mass is 371 g/mol. The third-order valence-electron chi connectivity index (χ3n) is 6.26. The van der Waals surface area contributed by atoms with E-state index >= 15 is 0 Å². The molecule has 1 amide bonds. The molecule has 1 aromatic heterocycles. The molecule has 0 radical (unpaired) electrons. The molecule has 1 atom stereocenters. The fourth-order valence-electron chi connectivity index (χ4n) is 4.61. The number of carbonyl (C=O) groups excluding carboxylic acids is 1. The van der Waals surface area contributed by atoms with Crippen LogP contribution in [0.25, 0.3) is 10.9 Å². The van der Waals surface area contributed by atoms with Crippen molar-refractivity contribution in [3.8, 4) is 0 Å². The number of hydrogen-bond acceptors (Lipinski definition) is 3. The van der Waals surface area contributed by atoms with Gasteiger partial charge in [0.2, 0.25) is 5.56 Å². The Balaban J connectivity index is 1.50.